The lowest BCUT2D eigenvalue weighted by molar-refractivity contribution is -0.142. The summed E-state index contributed by atoms with van der Waals surface area (Å²) in [5, 5.41) is 58.7. The molecule has 2 heterocycles. The lowest BCUT2D eigenvalue weighted by Gasteiger charge is -2.29. The van der Waals surface area contributed by atoms with Gasteiger partial charge in [-0.1, -0.05) is 82.3 Å². The van der Waals surface area contributed by atoms with Gasteiger partial charge in [0.25, 0.3) is 0 Å². The number of aromatic amines is 1. The summed E-state index contributed by atoms with van der Waals surface area (Å²) in [5.41, 5.74) is 13.5. The van der Waals surface area contributed by atoms with Crippen LogP contribution in [0, 0.1) is 11.8 Å². The molecule has 0 radical (unpaired) electrons. The summed E-state index contributed by atoms with van der Waals surface area (Å²) < 4.78 is 0. The summed E-state index contributed by atoms with van der Waals surface area (Å²) in [7, 11) is 0. The number of aliphatic hydroxyl groups excluding tert-OH is 1. The first-order valence-electron chi connectivity index (χ1n) is 28.3. The zero-order valence-electron chi connectivity index (χ0n) is 47.9. The quantitative estimate of drug-likeness (QED) is 0.0281. The fourth-order valence-electron chi connectivity index (χ4n) is 9.69. The lowest BCUT2D eigenvalue weighted by Crippen LogP contribution is -2.61. The van der Waals surface area contributed by atoms with Crippen LogP contribution < -0.4 is 48.7 Å². The summed E-state index contributed by atoms with van der Waals surface area (Å²) in [5.74, 6) is -7.93. The summed E-state index contributed by atoms with van der Waals surface area (Å²) in [6, 6.07) is 8.51. The average molecular weight is 1170 g/mol. The molecule has 0 saturated carbocycles. The van der Waals surface area contributed by atoms with E-state index in [0.29, 0.717) is 48.2 Å². The molecular weight excluding hydrogens is 1080 g/mol. The minimum Gasteiger partial charge on any atom is -0.508 e. The van der Waals surface area contributed by atoms with E-state index in [1.54, 1.807) is 44.2 Å². The molecule has 8 amide bonds. The molecule has 3 aromatic carbocycles. The highest BCUT2D eigenvalue weighted by Crippen LogP contribution is 2.20. The second kappa shape index (κ2) is 33.0. The van der Waals surface area contributed by atoms with E-state index in [1.807, 2.05) is 13.8 Å². The molecule has 0 unspecified atom stereocenters. The molecule has 16 N–H and O–H groups in total. The number of amides is 8. The van der Waals surface area contributed by atoms with Crippen LogP contribution >= 0.6 is 0 Å². The number of carbonyl (C=O) groups is 9. The van der Waals surface area contributed by atoms with Crippen molar-refractivity contribution < 1.29 is 63.6 Å². The number of aliphatic hydroxyl groups is 1. The SMILES string of the molecule is CC(C)C[C@H](NC(=O)[C@H](Cc1ccc(O)cc1)NC(=O)[C@H](Cc1ccc(O)cc1)NC(=O)[C@H](Cc1ccccc1)NC(=O)[C@H](Cc1cnc[nH]1)NC(=O)[C@H](CC(C)C)NC(=O)[C@H](CCCCN)NC(=O)[C@@H]1CCCN1C(=O)[C@@H](N)CO)C(=O)O. The summed E-state index contributed by atoms with van der Waals surface area (Å²) >= 11 is 0. The van der Waals surface area contributed by atoms with Crippen molar-refractivity contribution >= 4 is 53.2 Å². The van der Waals surface area contributed by atoms with Crippen LogP contribution in [0.5, 0.6) is 11.5 Å². The number of aromatic nitrogens is 2. The van der Waals surface area contributed by atoms with Crippen LogP contribution in [-0.2, 0) is 68.8 Å². The number of unbranched alkanes of at least 4 members (excludes halogenated alkanes) is 1. The number of aliphatic carboxylic acids is 1. The number of benzene rings is 3. The van der Waals surface area contributed by atoms with E-state index in [0.717, 1.165) is 0 Å². The Hall–Kier alpha value is -8.42. The molecule has 4 aromatic rings. The van der Waals surface area contributed by atoms with Crippen LogP contribution in [0.1, 0.15) is 95.0 Å². The molecule has 25 nitrogen and oxygen atoms in total. The molecule has 1 saturated heterocycles. The van der Waals surface area contributed by atoms with E-state index in [-0.39, 0.29) is 81.2 Å². The second-order valence-electron chi connectivity index (χ2n) is 22.0. The lowest BCUT2D eigenvalue weighted by atomic mass is 9.99. The maximum atomic E-state index is 14.9. The first kappa shape index (κ1) is 66.4. The van der Waals surface area contributed by atoms with Crippen molar-refractivity contribution in [1.82, 2.24) is 52.1 Å². The van der Waals surface area contributed by atoms with Crippen molar-refractivity contribution in [3.63, 3.8) is 0 Å². The van der Waals surface area contributed by atoms with Crippen LogP contribution in [0.15, 0.2) is 91.4 Å². The number of nitrogens with two attached hydrogens (primary N) is 2. The van der Waals surface area contributed by atoms with Gasteiger partial charge in [-0.15, -0.1) is 0 Å². The van der Waals surface area contributed by atoms with Crippen LogP contribution in [0.2, 0.25) is 0 Å². The zero-order chi connectivity index (χ0) is 61.5. The third-order valence-corrected chi connectivity index (χ3v) is 14.1. The Kier molecular flexibility index (Phi) is 26.1. The van der Waals surface area contributed by atoms with Crippen molar-refractivity contribution in [2.75, 3.05) is 19.7 Å². The van der Waals surface area contributed by atoms with Gasteiger partial charge in [-0.2, -0.15) is 0 Å². The Morgan fingerprint density at radius 2 is 1.04 bits per heavy atom. The van der Waals surface area contributed by atoms with E-state index in [4.69, 9.17) is 11.5 Å². The fraction of sp³-hybridized carbons (Fsp3) is 0.492. The monoisotopic (exact) mass is 1170 g/mol. The molecule has 1 aliphatic heterocycles. The van der Waals surface area contributed by atoms with Crippen LogP contribution in [0.4, 0.5) is 0 Å². The standard InChI is InChI=1S/C59H82N12O13/c1-34(2)25-44(65-51(75)43(13-8-9-23-60)64-57(81)50-14-10-24-71(50)58(82)42(61)32-72)52(76)69-48(30-39-31-62-33-63-39)56(80)68-45(27-36-11-6-5-7-12-36)53(77)66-46(28-37-15-19-40(73)20-16-37)54(78)67-47(29-38-17-21-41(74)22-18-38)55(79)70-49(59(83)84)26-35(3)4/h5-7,11-12,15-22,31,33-35,42-50,72-74H,8-10,13-14,23-30,32,60-61H2,1-4H3,(H,62,63)(H,64,81)(H,65,75)(H,66,77)(H,67,78)(H,68,80)(H,69,76)(H,70,79)(H,83,84)/t42-,43-,44-,45-,46-,47-,48-,49-,50-/m0/s1. The number of likely N-dealkylation sites (tertiary alicyclic amines) is 1. The molecule has 84 heavy (non-hydrogen) atoms. The van der Waals surface area contributed by atoms with Gasteiger partial charge in [0.2, 0.25) is 47.3 Å². The van der Waals surface area contributed by atoms with Gasteiger partial charge in [-0.25, -0.2) is 9.78 Å². The highest BCUT2D eigenvalue weighted by Gasteiger charge is 2.39. The van der Waals surface area contributed by atoms with E-state index >= 15 is 0 Å². The third kappa shape index (κ3) is 21.1. The highest BCUT2D eigenvalue weighted by atomic mass is 16.4. The number of phenolic OH excluding ortho intramolecular Hbond substituents is 2. The van der Waals surface area contributed by atoms with Gasteiger partial charge in [-0.3, -0.25) is 38.4 Å². The zero-order valence-corrected chi connectivity index (χ0v) is 47.9. The maximum Gasteiger partial charge on any atom is 0.326 e. The molecule has 25 heteroatoms. The molecule has 5 rings (SSSR count). The minimum absolute atomic E-state index is 0.0620. The first-order chi connectivity index (χ1) is 40.0. The Labute approximate surface area is 488 Å². The number of carboxylic acid groups (broad SMARTS) is 1. The van der Waals surface area contributed by atoms with Crippen molar-refractivity contribution in [3.05, 3.63) is 114 Å². The Morgan fingerprint density at radius 3 is 1.49 bits per heavy atom. The van der Waals surface area contributed by atoms with Gasteiger partial charge in [0.05, 0.1) is 12.9 Å². The number of hydrogen-bond donors (Lipinski definition) is 14. The van der Waals surface area contributed by atoms with E-state index in [9.17, 15) is 63.6 Å². The number of H-pyrrole nitrogens is 1. The van der Waals surface area contributed by atoms with Crippen molar-refractivity contribution in [1.29, 1.82) is 0 Å². The Bertz CT molecular complexity index is 2800. The number of carbonyl (C=O) groups excluding carboxylic acids is 8. The van der Waals surface area contributed by atoms with E-state index < -0.39 is 114 Å². The highest BCUT2D eigenvalue weighted by molar-refractivity contribution is 5.98. The molecule has 1 aliphatic rings. The summed E-state index contributed by atoms with van der Waals surface area (Å²) in [6.07, 6.45) is 4.06. The molecular formula is C59H82N12O13. The van der Waals surface area contributed by atoms with Gasteiger partial charge in [0.1, 0.15) is 65.9 Å². The number of imidazole rings is 1. The van der Waals surface area contributed by atoms with E-state index in [2.05, 4.69) is 47.2 Å². The smallest absolute Gasteiger partial charge is 0.326 e. The van der Waals surface area contributed by atoms with Gasteiger partial charge < -0.3 is 79.0 Å². The molecule has 1 fully saturated rings. The molecule has 9 atom stereocenters. The maximum absolute atomic E-state index is 14.9. The van der Waals surface area contributed by atoms with Crippen LogP contribution in [-0.4, -0.2) is 163 Å². The summed E-state index contributed by atoms with van der Waals surface area (Å²) in [6.45, 7) is 7.11. The first-order valence-corrected chi connectivity index (χ1v) is 28.3. The molecule has 0 bridgehead atoms. The van der Waals surface area contributed by atoms with Gasteiger partial charge >= 0.3 is 5.97 Å². The largest absolute Gasteiger partial charge is 0.508 e. The van der Waals surface area contributed by atoms with Gasteiger partial charge in [-0.05, 0) is 104 Å². The number of nitrogens with zero attached hydrogens (tertiary/aromatic N) is 2. The van der Waals surface area contributed by atoms with Crippen molar-refractivity contribution in [2.24, 2.45) is 23.3 Å². The van der Waals surface area contributed by atoms with E-state index in [1.165, 1.54) is 66.0 Å². The van der Waals surface area contributed by atoms with Crippen molar-refractivity contribution in [2.45, 2.75) is 153 Å². The number of nitrogens with one attached hydrogen (secondary N) is 8. The van der Waals surface area contributed by atoms with Gasteiger partial charge in [0, 0.05) is 44.1 Å². The number of hydrogen-bond acceptors (Lipinski definition) is 15. The molecule has 1 aromatic heterocycles. The van der Waals surface area contributed by atoms with Crippen molar-refractivity contribution in [3.8, 4) is 11.5 Å². The number of carboxylic acids is 1. The number of phenols is 2. The number of rotatable bonds is 33. The third-order valence-electron chi connectivity index (χ3n) is 14.1. The molecule has 0 spiro atoms. The summed E-state index contributed by atoms with van der Waals surface area (Å²) in [4.78, 5) is 135. The molecule has 0 aliphatic carbocycles. The minimum atomic E-state index is -1.48. The van der Waals surface area contributed by atoms with Gasteiger partial charge in [0.15, 0.2) is 0 Å². The predicted octanol–water partition coefficient (Wildman–Crippen LogP) is 0.101. The fourth-order valence-corrected chi connectivity index (χ4v) is 9.69. The normalized spacial score (nSPS) is 16.0. The van der Waals surface area contributed by atoms with Crippen LogP contribution in [0.25, 0.3) is 0 Å². The topological polar surface area (TPSA) is 403 Å². The Morgan fingerprint density at radius 1 is 0.595 bits per heavy atom. The van der Waals surface area contributed by atoms with Crippen LogP contribution in [0.3, 0.4) is 0 Å². The average Bonchev–Trinajstić information content (AvgIpc) is 4.36. The molecule has 456 valence electrons. The predicted molar refractivity (Wildman–Crippen MR) is 309 cm³/mol. The Balaban J connectivity index is 1.44. The number of aromatic hydroxyl groups is 2. The second-order valence-corrected chi connectivity index (χ2v) is 22.0.